The summed E-state index contributed by atoms with van der Waals surface area (Å²) in [6, 6.07) is 4.95. The molecule has 2 atom stereocenters. The van der Waals surface area contributed by atoms with E-state index in [9.17, 15) is 14.0 Å². The third-order valence-electron chi connectivity index (χ3n) is 3.38. The number of amides is 2. The lowest BCUT2D eigenvalue weighted by Gasteiger charge is -2.22. The van der Waals surface area contributed by atoms with Crippen molar-refractivity contribution in [3.63, 3.8) is 0 Å². The van der Waals surface area contributed by atoms with Crippen molar-refractivity contribution < 1.29 is 14.0 Å². The molecule has 5 nitrogen and oxygen atoms in total. The number of carbonyl (C=O) groups excluding carboxylic acids is 2. The summed E-state index contributed by atoms with van der Waals surface area (Å²) in [4.78, 5) is 24.3. The Balaban J connectivity index is 0.00000484. The second-order valence-corrected chi connectivity index (χ2v) is 5.76. The van der Waals surface area contributed by atoms with Crippen molar-refractivity contribution in [3.05, 3.63) is 35.6 Å². The van der Waals surface area contributed by atoms with Gasteiger partial charge in [-0.15, -0.1) is 12.4 Å². The molecule has 0 aromatic heterocycles. The Labute approximate surface area is 142 Å². The van der Waals surface area contributed by atoms with E-state index in [0.717, 1.165) is 0 Å². The molecule has 2 unspecified atom stereocenters. The van der Waals surface area contributed by atoms with Crippen LogP contribution in [0.3, 0.4) is 0 Å². The van der Waals surface area contributed by atoms with Crippen molar-refractivity contribution in [1.82, 2.24) is 10.6 Å². The van der Waals surface area contributed by atoms with Crippen LogP contribution in [-0.2, 0) is 4.79 Å². The second-order valence-electron chi connectivity index (χ2n) is 5.76. The fraction of sp³-hybridized carbons (Fsp3) is 0.500. The molecule has 0 spiro atoms. The number of nitrogens with two attached hydrogens (primary N) is 1. The first-order valence-corrected chi connectivity index (χ1v) is 7.40. The maximum absolute atomic E-state index is 13.6. The summed E-state index contributed by atoms with van der Waals surface area (Å²) < 4.78 is 13.6. The van der Waals surface area contributed by atoms with Gasteiger partial charge in [-0.3, -0.25) is 9.59 Å². The Kier molecular flexibility index (Phi) is 9.44. The van der Waals surface area contributed by atoms with Crippen molar-refractivity contribution in [1.29, 1.82) is 0 Å². The van der Waals surface area contributed by atoms with Crippen LogP contribution in [0.2, 0.25) is 0 Å². The summed E-state index contributed by atoms with van der Waals surface area (Å²) >= 11 is 0. The van der Waals surface area contributed by atoms with Gasteiger partial charge < -0.3 is 16.4 Å². The van der Waals surface area contributed by atoms with Gasteiger partial charge in [0, 0.05) is 6.54 Å². The van der Waals surface area contributed by atoms with Gasteiger partial charge in [-0.2, -0.15) is 0 Å². The van der Waals surface area contributed by atoms with E-state index in [1.807, 2.05) is 20.8 Å². The van der Waals surface area contributed by atoms with Crippen LogP contribution >= 0.6 is 12.4 Å². The van der Waals surface area contributed by atoms with E-state index in [1.54, 1.807) is 6.07 Å². The zero-order valence-corrected chi connectivity index (χ0v) is 14.5. The Bertz CT molecular complexity index is 526. The van der Waals surface area contributed by atoms with Crippen LogP contribution in [0.15, 0.2) is 24.3 Å². The maximum atomic E-state index is 13.6. The van der Waals surface area contributed by atoms with Gasteiger partial charge in [-0.25, -0.2) is 4.39 Å². The number of carbonyl (C=O) groups is 2. The quantitative estimate of drug-likeness (QED) is 0.703. The van der Waals surface area contributed by atoms with Crippen molar-refractivity contribution >= 4 is 24.2 Å². The molecule has 1 aromatic rings. The number of benzene rings is 1. The molecule has 1 rings (SSSR count). The number of rotatable bonds is 7. The lowest BCUT2D eigenvalue weighted by Crippen LogP contribution is -2.50. The van der Waals surface area contributed by atoms with Crippen LogP contribution < -0.4 is 16.4 Å². The molecule has 0 aliphatic heterocycles. The van der Waals surface area contributed by atoms with Gasteiger partial charge in [-0.05, 0) is 30.5 Å². The average Bonchev–Trinajstić information content (AvgIpc) is 2.49. The van der Waals surface area contributed by atoms with E-state index in [1.165, 1.54) is 18.2 Å². The van der Waals surface area contributed by atoms with Gasteiger partial charge in [0.25, 0.3) is 5.91 Å². The van der Waals surface area contributed by atoms with E-state index in [0.29, 0.717) is 13.1 Å². The minimum atomic E-state index is -0.725. The summed E-state index contributed by atoms with van der Waals surface area (Å²) in [6.45, 7) is 6.46. The standard InChI is InChI=1S/C16H24FN3O2.ClH/c1-10(2)14(16(22)19-9-11(3)8-18)20-15(21)12-6-4-5-7-13(12)17;/h4-7,10-11,14H,8-9,18H2,1-3H3,(H,19,22)(H,20,21);1H. The van der Waals surface area contributed by atoms with Crippen LogP contribution in [-0.4, -0.2) is 30.9 Å². The molecular weight excluding hydrogens is 321 g/mol. The van der Waals surface area contributed by atoms with Gasteiger partial charge in [-0.1, -0.05) is 32.9 Å². The first-order valence-electron chi connectivity index (χ1n) is 7.40. The summed E-state index contributed by atoms with van der Waals surface area (Å²) in [5.41, 5.74) is 5.43. The summed E-state index contributed by atoms with van der Waals surface area (Å²) in [7, 11) is 0. The minimum Gasteiger partial charge on any atom is -0.354 e. The summed E-state index contributed by atoms with van der Waals surface area (Å²) in [5, 5.41) is 5.35. The van der Waals surface area contributed by atoms with Crippen LogP contribution in [0.5, 0.6) is 0 Å². The lowest BCUT2D eigenvalue weighted by molar-refractivity contribution is -0.124. The highest BCUT2D eigenvalue weighted by atomic mass is 35.5. The van der Waals surface area contributed by atoms with Crippen molar-refractivity contribution in [2.75, 3.05) is 13.1 Å². The third-order valence-corrected chi connectivity index (χ3v) is 3.38. The van der Waals surface area contributed by atoms with Gasteiger partial charge in [0.15, 0.2) is 0 Å². The van der Waals surface area contributed by atoms with Gasteiger partial charge in [0.2, 0.25) is 5.91 Å². The highest BCUT2D eigenvalue weighted by Gasteiger charge is 2.25. The Morgan fingerprint density at radius 1 is 1.22 bits per heavy atom. The predicted octanol–water partition coefficient (Wildman–Crippen LogP) is 1.71. The van der Waals surface area contributed by atoms with Crippen LogP contribution in [0.4, 0.5) is 4.39 Å². The number of hydrogen-bond acceptors (Lipinski definition) is 3. The molecule has 1 aromatic carbocycles. The molecule has 0 aliphatic carbocycles. The Morgan fingerprint density at radius 2 is 1.83 bits per heavy atom. The average molecular weight is 346 g/mol. The summed E-state index contributed by atoms with van der Waals surface area (Å²) in [5.74, 6) is -1.47. The molecule has 0 saturated carbocycles. The largest absolute Gasteiger partial charge is 0.354 e. The molecule has 0 radical (unpaired) electrons. The van der Waals surface area contributed by atoms with E-state index < -0.39 is 17.8 Å². The SMILES string of the molecule is CC(CN)CNC(=O)C(NC(=O)c1ccccc1F)C(C)C.Cl. The highest BCUT2D eigenvalue weighted by molar-refractivity contribution is 5.97. The number of halogens is 2. The van der Waals surface area contributed by atoms with Crippen LogP contribution in [0, 0.1) is 17.7 Å². The van der Waals surface area contributed by atoms with Gasteiger partial charge in [0.05, 0.1) is 5.56 Å². The topological polar surface area (TPSA) is 84.2 Å². The van der Waals surface area contributed by atoms with Gasteiger partial charge in [0.1, 0.15) is 11.9 Å². The van der Waals surface area contributed by atoms with E-state index in [2.05, 4.69) is 10.6 Å². The van der Waals surface area contributed by atoms with E-state index >= 15 is 0 Å². The zero-order chi connectivity index (χ0) is 16.7. The normalized spacial score (nSPS) is 13.0. The molecular formula is C16H25ClFN3O2. The Hall–Kier alpha value is -1.66. The first-order chi connectivity index (χ1) is 10.4. The van der Waals surface area contributed by atoms with Crippen molar-refractivity contribution in [3.8, 4) is 0 Å². The molecule has 4 N–H and O–H groups in total. The predicted molar refractivity (Wildman–Crippen MR) is 91.0 cm³/mol. The zero-order valence-electron chi connectivity index (χ0n) is 13.6. The molecule has 0 saturated heterocycles. The summed E-state index contributed by atoms with van der Waals surface area (Å²) in [6.07, 6.45) is 0. The fourth-order valence-corrected chi connectivity index (χ4v) is 1.87. The number of nitrogens with one attached hydrogen (secondary N) is 2. The van der Waals surface area contributed by atoms with Crippen LogP contribution in [0.1, 0.15) is 31.1 Å². The highest BCUT2D eigenvalue weighted by Crippen LogP contribution is 2.09. The molecule has 23 heavy (non-hydrogen) atoms. The molecule has 0 bridgehead atoms. The molecule has 7 heteroatoms. The maximum Gasteiger partial charge on any atom is 0.254 e. The first kappa shape index (κ1) is 21.3. The number of hydrogen-bond donors (Lipinski definition) is 3. The molecule has 0 aliphatic rings. The van der Waals surface area contributed by atoms with Gasteiger partial charge >= 0.3 is 0 Å². The van der Waals surface area contributed by atoms with Crippen molar-refractivity contribution in [2.24, 2.45) is 17.6 Å². The smallest absolute Gasteiger partial charge is 0.254 e. The third kappa shape index (κ3) is 6.54. The minimum absolute atomic E-state index is 0. The fourth-order valence-electron chi connectivity index (χ4n) is 1.87. The van der Waals surface area contributed by atoms with E-state index in [-0.39, 0.29) is 35.7 Å². The van der Waals surface area contributed by atoms with Crippen molar-refractivity contribution in [2.45, 2.75) is 26.8 Å². The lowest BCUT2D eigenvalue weighted by atomic mass is 10.0. The molecule has 0 fully saturated rings. The monoisotopic (exact) mass is 345 g/mol. The molecule has 0 heterocycles. The van der Waals surface area contributed by atoms with E-state index in [4.69, 9.17) is 5.73 Å². The Morgan fingerprint density at radius 3 is 2.35 bits per heavy atom. The molecule has 130 valence electrons. The second kappa shape index (κ2) is 10.2. The molecule has 2 amide bonds. The van der Waals surface area contributed by atoms with Crippen LogP contribution in [0.25, 0.3) is 0 Å².